The van der Waals surface area contributed by atoms with E-state index in [2.05, 4.69) is 4.98 Å². The standard InChI is InChI=1S/C25H19N3O5/c1-31-23-13-20-21(14-24(23)32-2)27-11-10-22(20)33-19-8-6-17(7-9-19)28(25(29)30)18-5-3-4-16(12-18)15-26/h3-14H,1-2H3,(H,29,30). The Balaban J connectivity index is 1.65. The third-order valence-corrected chi connectivity index (χ3v) is 4.95. The minimum Gasteiger partial charge on any atom is -0.493 e. The maximum absolute atomic E-state index is 11.9. The molecule has 33 heavy (non-hydrogen) atoms. The highest BCUT2D eigenvalue weighted by atomic mass is 16.5. The van der Waals surface area contributed by atoms with E-state index >= 15 is 0 Å². The molecule has 0 aliphatic rings. The maximum atomic E-state index is 11.9. The number of anilines is 2. The molecule has 4 aromatic rings. The minimum absolute atomic E-state index is 0.371. The lowest BCUT2D eigenvalue weighted by Crippen LogP contribution is -2.23. The summed E-state index contributed by atoms with van der Waals surface area (Å²) in [7, 11) is 3.11. The van der Waals surface area contributed by atoms with Crippen molar-refractivity contribution in [3.63, 3.8) is 0 Å². The van der Waals surface area contributed by atoms with E-state index in [0.717, 1.165) is 10.3 Å². The van der Waals surface area contributed by atoms with E-state index < -0.39 is 6.09 Å². The van der Waals surface area contributed by atoms with E-state index in [1.54, 1.807) is 81.1 Å². The highest BCUT2D eigenvalue weighted by Gasteiger charge is 2.18. The van der Waals surface area contributed by atoms with Crippen LogP contribution in [0.1, 0.15) is 5.56 Å². The van der Waals surface area contributed by atoms with Crippen LogP contribution >= 0.6 is 0 Å². The first-order chi connectivity index (χ1) is 16.0. The molecule has 0 saturated heterocycles. The molecule has 0 bridgehead atoms. The predicted molar refractivity (Wildman–Crippen MR) is 123 cm³/mol. The van der Waals surface area contributed by atoms with Crippen LogP contribution in [0.15, 0.2) is 72.9 Å². The Morgan fingerprint density at radius 3 is 2.33 bits per heavy atom. The molecule has 0 aliphatic carbocycles. The Bertz CT molecular complexity index is 1360. The first-order valence-electron chi connectivity index (χ1n) is 9.86. The number of rotatable bonds is 6. The van der Waals surface area contributed by atoms with Gasteiger partial charge in [-0.3, -0.25) is 4.98 Å². The molecular formula is C25H19N3O5. The number of nitrogens with zero attached hydrogens (tertiary/aromatic N) is 3. The normalized spacial score (nSPS) is 10.3. The van der Waals surface area contributed by atoms with Gasteiger partial charge in [0.05, 0.1) is 42.7 Å². The zero-order chi connectivity index (χ0) is 23.4. The number of nitriles is 1. The summed E-state index contributed by atoms with van der Waals surface area (Å²) in [6, 6.07) is 20.3. The molecule has 8 heteroatoms. The second kappa shape index (κ2) is 9.16. The monoisotopic (exact) mass is 441 g/mol. The number of ether oxygens (including phenoxy) is 3. The second-order valence-electron chi connectivity index (χ2n) is 6.91. The molecule has 3 aromatic carbocycles. The van der Waals surface area contributed by atoms with Crippen molar-refractivity contribution in [2.24, 2.45) is 0 Å². The summed E-state index contributed by atoms with van der Waals surface area (Å²) in [6.45, 7) is 0. The van der Waals surface area contributed by atoms with Crippen molar-refractivity contribution < 1.29 is 24.1 Å². The molecule has 4 rings (SSSR count). The second-order valence-corrected chi connectivity index (χ2v) is 6.91. The Labute approximate surface area is 189 Å². The number of carbonyl (C=O) groups is 1. The van der Waals surface area contributed by atoms with Crippen LogP contribution in [0.5, 0.6) is 23.0 Å². The van der Waals surface area contributed by atoms with Crippen molar-refractivity contribution in [3.8, 4) is 29.1 Å². The lowest BCUT2D eigenvalue weighted by atomic mass is 10.1. The van der Waals surface area contributed by atoms with Crippen molar-refractivity contribution in [2.45, 2.75) is 0 Å². The molecule has 164 valence electrons. The molecule has 0 saturated carbocycles. The van der Waals surface area contributed by atoms with Gasteiger partial charge in [0.1, 0.15) is 11.5 Å². The fourth-order valence-corrected chi connectivity index (χ4v) is 3.41. The maximum Gasteiger partial charge on any atom is 0.416 e. The van der Waals surface area contributed by atoms with E-state index in [1.165, 1.54) is 6.07 Å². The van der Waals surface area contributed by atoms with Crippen molar-refractivity contribution in [1.82, 2.24) is 4.98 Å². The van der Waals surface area contributed by atoms with Crippen LogP contribution in [0.3, 0.4) is 0 Å². The van der Waals surface area contributed by atoms with E-state index in [1.807, 2.05) is 6.07 Å². The molecule has 1 aromatic heterocycles. The topological polar surface area (TPSA) is 105 Å². The minimum atomic E-state index is -1.17. The van der Waals surface area contributed by atoms with Gasteiger partial charge in [0.25, 0.3) is 0 Å². The van der Waals surface area contributed by atoms with Crippen LogP contribution in [0.2, 0.25) is 0 Å². The van der Waals surface area contributed by atoms with Gasteiger partial charge in [-0.1, -0.05) is 6.07 Å². The van der Waals surface area contributed by atoms with Crippen LogP contribution in [-0.2, 0) is 0 Å². The Morgan fingerprint density at radius 2 is 1.67 bits per heavy atom. The molecular weight excluding hydrogens is 422 g/mol. The molecule has 1 amide bonds. The summed E-state index contributed by atoms with van der Waals surface area (Å²) in [5.41, 5.74) is 1.83. The van der Waals surface area contributed by atoms with Gasteiger partial charge in [0.2, 0.25) is 0 Å². The molecule has 8 nitrogen and oxygen atoms in total. The van der Waals surface area contributed by atoms with E-state index in [-0.39, 0.29) is 0 Å². The molecule has 0 spiro atoms. The summed E-state index contributed by atoms with van der Waals surface area (Å²) >= 11 is 0. The van der Waals surface area contributed by atoms with Crippen LogP contribution in [-0.4, -0.2) is 30.4 Å². The number of pyridine rings is 1. The highest BCUT2D eigenvalue weighted by Crippen LogP contribution is 2.37. The van der Waals surface area contributed by atoms with Crippen LogP contribution in [0, 0.1) is 11.3 Å². The number of amides is 1. The first kappa shape index (κ1) is 21.5. The lowest BCUT2D eigenvalue weighted by Gasteiger charge is -2.20. The first-order valence-corrected chi connectivity index (χ1v) is 9.86. The number of fused-ring (bicyclic) bond motifs is 1. The van der Waals surface area contributed by atoms with Gasteiger partial charge in [-0.25, -0.2) is 9.69 Å². The average Bonchev–Trinajstić information content (AvgIpc) is 2.84. The lowest BCUT2D eigenvalue weighted by molar-refractivity contribution is 0.205. The molecule has 0 fully saturated rings. The van der Waals surface area contributed by atoms with Gasteiger partial charge < -0.3 is 19.3 Å². The van der Waals surface area contributed by atoms with Crippen molar-refractivity contribution >= 4 is 28.4 Å². The number of hydrogen-bond donors (Lipinski definition) is 1. The molecule has 0 radical (unpaired) electrons. The SMILES string of the molecule is COc1cc2nccc(Oc3ccc(N(C(=O)O)c4cccc(C#N)c4)cc3)c2cc1OC. The molecule has 1 heterocycles. The average molecular weight is 441 g/mol. The Hall–Kier alpha value is -4.77. The molecule has 0 unspecified atom stereocenters. The van der Waals surface area contributed by atoms with Crippen molar-refractivity contribution in [3.05, 3.63) is 78.5 Å². The quantitative estimate of drug-likeness (QED) is 0.407. The fraction of sp³-hybridized carbons (Fsp3) is 0.0800. The molecule has 0 atom stereocenters. The van der Waals surface area contributed by atoms with E-state index in [4.69, 9.17) is 19.5 Å². The number of hydrogen-bond acceptors (Lipinski definition) is 6. The largest absolute Gasteiger partial charge is 0.493 e. The molecule has 1 N–H and O–H groups in total. The number of aromatic nitrogens is 1. The van der Waals surface area contributed by atoms with Gasteiger partial charge in [-0.15, -0.1) is 0 Å². The van der Waals surface area contributed by atoms with Crippen LogP contribution < -0.4 is 19.1 Å². The summed E-state index contributed by atoms with van der Waals surface area (Å²) in [5, 5.41) is 19.6. The summed E-state index contributed by atoms with van der Waals surface area (Å²) in [6.07, 6.45) is 0.465. The highest BCUT2D eigenvalue weighted by molar-refractivity contribution is 5.95. The zero-order valence-electron chi connectivity index (χ0n) is 17.9. The van der Waals surface area contributed by atoms with Crippen LogP contribution in [0.4, 0.5) is 16.2 Å². The fourth-order valence-electron chi connectivity index (χ4n) is 3.41. The van der Waals surface area contributed by atoms with Gasteiger partial charge in [0, 0.05) is 17.6 Å². The van der Waals surface area contributed by atoms with Gasteiger partial charge >= 0.3 is 6.09 Å². The third-order valence-electron chi connectivity index (χ3n) is 4.95. The molecule has 0 aliphatic heterocycles. The van der Waals surface area contributed by atoms with E-state index in [0.29, 0.717) is 45.5 Å². The number of methoxy groups -OCH3 is 2. The Morgan fingerprint density at radius 1 is 0.939 bits per heavy atom. The number of benzene rings is 3. The summed E-state index contributed by atoms with van der Waals surface area (Å²) in [4.78, 5) is 17.4. The van der Waals surface area contributed by atoms with Crippen LogP contribution in [0.25, 0.3) is 10.9 Å². The smallest absolute Gasteiger partial charge is 0.416 e. The van der Waals surface area contributed by atoms with Gasteiger partial charge in [-0.2, -0.15) is 5.26 Å². The van der Waals surface area contributed by atoms with Gasteiger partial charge in [0.15, 0.2) is 11.5 Å². The summed E-state index contributed by atoms with van der Waals surface area (Å²) in [5.74, 6) is 2.19. The van der Waals surface area contributed by atoms with Gasteiger partial charge in [-0.05, 0) is 54.6 Å². The zero-order valence-corrected chi connectivity index (χ0v) is 17.9. The van der Waals surface area contributed by atoms with Crippen molar-refractivity contribution in [2.75, 3.05) is 19.1 Å². The Kier molecular flexibility index (Phi) is 5.96. The summed E-state index contributed by atoms with van der Waals surface area (Å²) < 4.78 is 16.8. The van der Waals surface area contributed by atoms with Crippen molar-refractivity contribution in [1.29, 1.82) is 5.26 Å². The van der Waals surface area contributed by atoms with E-state index in [9.17, 15) is 9.90 Å². The predicted octanol–water partition coefficient (Wildman–Crippen LogP) is 5.73. The number of carboxylic acid groups (broad SMARTS) is 1. The third kappa shape index (κ3) is 4.34.